The molecule has 2 aromatic heterocycles. The maximum Gasteiger partial charge on any atom is 0.217 e. The van der Waals surface area contributed by atoms with Crippen LogP contribution in [0.4, 0.5) is 0 Å². The van der Waals surface area contributed by atoms with Crippen molar-refractivity contribution in [2.75, 3.05) is 20.2 Å². The Morgan fingerprint density at radius 2 is 2.04 bits per heavy atom. The molecule has 2 aromatic rings. The number of hydrogen-bond acceptors (Lipinski definition) is 4. The standard InChI is InChI=1S/C19H24ClN3O/c1-24-19-17(3-2-10-21-19)14-23-11-8-15(9-12-23)4-5-16-6-7-18(20)22-13-16/h2-3,6-7,10,13,15H,4-5,8-9,11-12,14H2,1H3. The van der Waals surface area contributed by atoms with Crippen molar-refractivity contribution in [1.82, 2.24) is 14.9 Å². The highest BCUT2D eigenvalue weighted by molar-refractivity contribution is 6.29. The molecule has 3 heterocycles. The summed E-state index contributed by atoms with van der Waals surface area (Å²) in [5.41, 5.74) is 2.45. The summed E-state index contributed by atoms with van der Waals surface area (Å²) in [7, 11) is 1.68. The highest BCUT2D eigenvalue weighted by Gasteiger charge is 2.20. The lowest BCUT2D eigenvalue weighted by atomic mass is 9.90. The first-order valence-electron chi connectivity index (χ1n) is 8.55. The van der Waals surface area contributed by atoms with Crippen molar-refractivity contribution in [3.63, 3.8) is 0 Å². The zero-order chi connectivity index (χ0) is 16.8. The molecule has 4 nitrogen and oxygen atoms in total. The van der Waals surface area contributed by atoms with E-state index in [1.54, 1.807) is 13.3 Å². The van der Waals surface area contributed by atoms with Gasteiger partial charge < -0.3 is 4.74 Å². The molecule has 0 amide bonds. The van der Waals surface area contributed by atoms with Crippen LogP contribution in [0.3, 0.4) is 0 Å². The van der Waals surface area contributed by atoms with Crippen molar-refractivity contribution in [2.45, 2.75) is 32.2 Å². The van der Waals surface area contributed by atoms with Gasteiger partial charge in [0.1, 0.15) is 5.15 Å². The minimum Gasteiger partial charge on any atom is -0.481 e. The highest BCUT2D eigenvalue weighted by atomic mass is 35.5. The summed E-state index contributed by atoms with van der Waals surface area (Å²) in [5, 5.41) is 0.567. The molecule has 1 saturated heterocycles. The third-order valence-corrected chi connectivity index (χ3v) is 5.00. The zero-order valence-corrected chi connectivity index (χ0v) is 14.9. The zero-order valence-electron chi connectivity index (χ0n) is 14.1. The van der Waals surface area contributed by atoms with E-state index in [4.69, 9.17) is 16.3 Å². The SMILES string of the molecule is COc1ncccc1CN1CCC(CCc2ccc(Cl)nc2)CC1. The van der Waals surface area contributed by atoms with Crippen LogP contribution in [0.2, 0.25) is 5.15 Å². The molecule has 24 heavy (non-hydrogen) atoms. The molecule has 0 bridgehead atoms. The number of aromatic nitrogens is 2. The van der Waals surface area contributed by atoms with Gasteiger partial charge in [0, 0.05) is 24.5 Å². The Bertz CT molecular complexity index is 639. The van der Waals surface area contributed by atoms with E-state index in [9.17, 15) is 0 Å². The molecule has 0 spiro atoms. The summed E-state index contributed by atoms with van der Waals surface area (Å²) in [6.07, 6.45) is 8.50. The van der Waals surface area contributed by atoms with Gasteiger partial charge in [-0.05, 0) is 62.4 Å². The van der Waals surface area contributed by atoms with Crippen molar-refractivity contribution >= 4 is 11.6 Å². The van der Waals surface area contributed by atoms with Crippen LogP contribution in [0.15, 0.2) is 36.7 Å². The van der Waals surface area contributed by atoms with E-state index in [-0.39, 0.29) is 0 Å². The number of methoxy groups -OCH3 is 1. The number of halogens is 1. The number of nitrogens with zero attached hydrogens (tertiary/aromatic N) is 3. The van der Waals surface area contributed by atoms with Gasteiger partial charge in [-0.25, -0.2) is 9.97 Å². The van der Waals surface area contributed by atoms with Crippen LogP contribution >= 0.6 is 11.6 Å². The van der Waals surface area contributed by atoms with Gasteiger partial charge in [0.05, 0.1) is 7.11 Å². The maximum absolute atomic E-state index is 5.83. The molecule has 0 aromatic carbocycles. The molecule has 1 aliphatic rings. The maximum atomic E-state index is 5.83. The first-order chi connectivity index (χ1) is 11.7. The first kappa shape index (κ1) is 17.2. The van der Waals surface area contributed by atoms with E-state index in [0.29, 0.717) is 5.15 Å². The fourth-order valence-corrected chi connectivity index (χ4v) is 3.44. The van der Waals surface area contributed by atoms with Crippen molar-refractivity contribution < 1.29 is 4.74 Å². The number of hydrogen-bond donors (Lipinski definition) is 0. The molecule has 3 rings (SSSR count). The molecule has 0 atom stereocenters. The van der Waals surface area contributed by atoms with Gasteiger partial charge in [0.25, 0.3) is 0 Å². The van der Waals surface area contributed by atoms with Crippen LogP contribution in [0.1, 0.15) is 30.4 Å². The number of aryl methyl sites for hydroxylation is 1. The lowest BCUT2D eigenvalue weighted by molar-refractivity contribution is 0.170. The smallest absolute Gasteiger partial charge is 0.217 e. The number of pyridine rings is 2. The molecule has 0 aliphatic carbocycles. The Labute approximate surface area is 148 Å². The molecule has 0 saturated carbocycles. The number of piperidine rings is 1. The second kappa shape index (κ2) is 8.45. The molecule has 0 radical (unpaired) electrons. The monoisotopic (exact) mass is 345 g/mol. The van der Waals surface area contributed by atoms with Crippen molar-refractivity contribution in [1.29, 1.82) is 0 Å². The van der Waals surface area contributed by atoms with E-state index in [2.05, 4.69) is 27.0 Å². The molecule has 1 aliphatic heterocycles. The Kier molecular flexibility index (Phi) is 6.05. The van der Waals surface area contributed by atoms with Crippen molar-refractivity contribution in [2.24, 2.45) is 5.92 Å². The molecule has 1 fully saturated rings. The van der Waals surface area contributed by atoms with Crippen LogP contribution in [0, 0.1) is 5.92 Å². The van der Waals surface area contributed by atoms with Gasteiger partial charge in [-0.1, -0.05) is 23.7 Å². The Balaban J connectivity index is 1.44. The van der Waals surface area contributed by atoms with Gasteiger partial charge in [-0.2, -0.15) is 0 Å². The summed E-state index contributed by atoms with van der Waals surface area (Å²) >= 11 is 5.83. The molecule has 128 valence electrons. The van der Waals surface area contributed by atoms with Crippen LogP contribution in [-0.4, -0.2) is 35.1 Å². The van der Waals surface area contributed by atoms with E-state index in [1.807, 2.05) is 18.3 Å². The van der Waals surface area contributed by atoms with Gasteiger partial charge in [-0.3, -0.25) is 4.90 Å². The predicted molar refractivity (Wildman–Crippen MR) is 96.4 cm³/mol. The molecular weight excluding hydrogens is 322 g/mol. The summed E-state index contributed by atoms with van der Waals surface area (Å²) in [4.78, 5) is 10.9. The highest BCUT2D eigenvalue weighted by Crippen LogP contribution is 2.25. The van der Waals surface area contributed by atoms with Crippen molar-refractivity contribution in [3.8, 4) is 5.88 Å². The number of ether oxygens (including phenoxy) is 1. The summed E-state index contributed by atoms with van der Waals surface area (Å²) in [6, 6.07) is 8.04. The Hall–Kier alpha value is -1.65. The van der Waals surface area contributed by atoms with Gasteiger partial charge in [-0.15, -0.1) is 0 Å². The minimum atomic E-state index is 0.567. The lowest BCUT2D eigenvalue weighted by Gasteiger charge is -2.32. The van der Waals surface area contributed by atoms with E-state index >= 15 is 0 Å². The minimum absolute atomic E-state index is 0.567. The third-order valence-electron chi connectivity index (χ3n) is 4.77. The van der Waals surface area contributed by atoms with Gasteiger partial charge >= 0.3 is 0 Å². The largest absolute Gasteiger partial charge is 0.481 e. The average Bonchev–Trinajstić information content (AvgIpc) is 2.63. The number of likely N-dealkylation sites (tertiary alicyclic amines) is 1. The van der Waals surface area contributed by atoms with E-state index in [1.165, 1.54) is 30.4 Å². The lowest BCUT2D eigenvalue weighted by Crippen LogP contribution is -2.33. The van der Waals surface area contributed by atoms with E-state index in [0.717, 1.165) is 37.9 Å². The van der Waals surface area contributed by atoms with Crippen LogP contribution in [-0.2, 0) is 13.0 Å². The van der Waals surface area contributed by atoms with Gasteiger partial charge in [0.15, 0.2) is 0 Å². The van der Waals surface area contributed by atoms with Crippen LogP contribution in [0.25, 0.3) is 0 Å². The second-order valence-corrected chi connectivity index (χ2v) is 6.81. The second-order valence-electron chi connectivity index (χ2n) is 6.42. The normalized spacial score (nSPS) is 16.2. The summed E-state index contributed by atoms with van der Waals surface area (Å²) in [5.74, 6) is 1.54. The Morgan fingerprint density at radius 1 is 1.21 bits per heavy atom. The first-order valence-corrected chi connectivity index (χ1v) is 8.93. The fraction of sp³-hybridized carbons (Fsp3) is 0.474. The Morgan fingerprint density at radius 3 is 2.75 bits per heavy atom. The van der Waals surface area contributed by atoms with E-state index < -0.39 is 0 Å². The predicted octanol–water partition coefficient (Wildman–Crippen LogP) is 3.98. The molecule has 0 N–H and O–H groups in total. The topological polar surface area (TPSA) is 38.2 Å². The molecule has 5 heteroatoms. The quantitative estimate of drug-likeness (QED) is 0.742. The third kappa shape index (κ3) is 4.68. The molecular formula is C19H24ClN3O. The summed E-state index contributed by atoms with van der Waals surface area (Å²) in [6.45, 7) is 3.20. The van der Waals surface area contributed by atoms with Crippen molar-refractivity contribution in [3.05, 3.63) is 52.9 Å². The number of rotatable bonds is 6. The molecule has 0 unspecified atom stereocenters. The van der Waals surface area contributed by atoms with Gasteiger partial charge in [0.2, 0.25) is 5.88 Å². The average molecular weight is 346 g/mol. The van der Waals surface area contributed by atoms with Crippen LogP contribution < -0.4 is 4.74 Å². The summed E-state index contributed by atoms with van der Waals surface area (Å²) < 4.78 is 5.35. The van der Waals surface area contributed by atoms with Crippen LogP contribution in [0.5, 0.6) is 5.88 Å². The fourth-order valence-electron chi connectivity index (χ4n) is 3.33.